The van der Waals surface area contributed by atoms with E-state index in [-0.39, 0.29) is 4.70 Å². The largest absolute Gasteiger partial charge is 0.364 e. The Morgan fingerprint density at radius 3 is 2.39 bits per heavy atom. The predicted octanol–water partition coefficient (Wildman–Crippen LogP) is 6.14. The molecule has 1 saturated heterocycles. The Balaban J connectivity index is 2.08. The molecule has 162 valence electrons. The number of rotatable bonds is 5. The molecular weight excluding hydrogens is 499 g/mol. The molecule has 1 fully saturated rings. The summed E-state index contributed by atoms with van der Waals surface area (Å²) in [7, 11) is 0. The molecule has 2 N–H and O–H groups in total. The quantitative estimate of drug-likeness (QED) is 0.479. The van der Waals surface area contributed by atoms with Crippen molar-refractivity contribution in [3.05, 3.63) is 68.1 Å². The van der Waals surface area contributed by atoms with Crippen LogP contribution in [0.4, 0.5) is 5.69 Å². The minimum Gasteiger partial charge on any atom is -0.364 e. The van der Waals surface area contributed by atoms with Crippen LogP contribution in [0.3, 0.4) is 0 Å². The Labute approximate surface area is 200 Å². The molecular formula is C23H24BrCl2N4O+. The Morgan fingerprint density at radius 2 is 1.81 bits per heavy atom. The lowest BCUT2D eigenvalue weighted by Crippen LogP contribution is -2.57. The third-order valence-electron chi connectivity index (χ3n) is 5.82. The zero-order chi connectivity index (χ0) is 22.2. The van der Waals surface area contributed by atoms with Crippen molar-refractivity contribution in [3.63, 3.8) is 0 Å². The first-order valence-corrected chi connectivity index (χ1v) is 11.9. The van der Waals surface area contributed by atoms with Crippen LogP contribution in [0.2, 0.25) is 10.0 Å². The van der Waals surface area contributed by atoms with E-state index in [1.807, 2.05) is 43.3 Å². The van der Waals surface area contributed by atoms with Crippen LogP contribution in [0.15, 0.2) is 57.6 Å². The van der Waals surface area contributed by atoms with Crippen LogP contribution in [0, 0.1) is 0 Å². The van der Waals surface area contributed by atoms with Crippen LogP contribution in [0.5, 0.6) is 0 Å². The summed E-state index contributed by atoms with van der Waals surface area (Å²) in [5.41, 5.74) is 9.61. The zero-order valence-corrected chi connectivity index (χ0v) is 20.3. The van der Waals surface area contributed by atoms with Crippen molar-refractivity contribution in [2.24, 2.45) is 10.8 Å². The van der Waals surface area contributed by atoms with Gasteiger partial charge in [-0.2, -0.15) is 0 Å². The van der Waals surface area contributed by atoms with Crippen LogP contribution in [-0.2, 0) is 4.79 Å². The lowest BCUT2D eigenvalue weighted by Gasteiger charge is -2.41. The van der Waals surface area contributed by atoms with Gasteiger partial charge >= 0.3 is 0 Å². The van der Waals surface area contributed by atoms with E-state index >= 15 is 0 Å². The number of nitrogens with two attached hydrogens (primary N) is 1. The number of hydrogen-bond donors (Lipinski definition) is 1. The van der Waals surface area contributed by atoms with Crippen LogP contribution in [0.25, 0.3) is 5.70 Å². The number of halogens is 3. The van der Waals surface area contributed by atoms with Crippen molar-refractivity contribution < 1.29 is 4.79 Å². The second-order valence-electron chi connectivity index (χ2n) is 7.71. The maximum absolute atomic E-state index is 12.5. The van der Waals surface area contributed by atoms with E-state index in [0.717, 1.165) is 59.3 Å². The summed E-state index contributed by atoms with van der Waals surface area (Å²) in [5.74, 6) is -0.534. The number of primary amides is 1. The molecule has 2 aromatic rings. The molecule has 0 saturated carbocycles. The van der Waals surface area contributed by atoms with Crippen molar-refractivity contribution in [2.45, 2.75) is 32.6 Å². The van der Waals surface area contributed by atoms with Crippen LogP contribution in [0.1, 0.15) is 38.2 Å². The monoisotopic (exact) mass is 521 g/mol. The Hall–Kier alpha value is -1.70. The van der Waals surface area contributed by atoms with E-state index in [1.54, 1.807) is 6.07 Å². The smallest absolute Gasteiger partial charge is 0.273 e. The molecule has 0 bridgehead atoms. The number of piperidine rings is 1. The van der Waals surface area contributed by atoms with Gasteiger partial charge in [0.15, 0.2) is 11.4 Å². The molecule has 31 heavy (non-hydrogen) atoms. The third-order valence-corrected chi connectivity index (χ3v) is 6.89. The molecule has 1 amide bonds. The fraction of sp³-hybridized carbons (Fsp3) is 0.304. The maximum Gasteiger partial charge on any atom is 0.273 e. The zero-order valence-electron chi connectivity index (χ0n) is 17.2. The van der Waals surface area contributed by atoms with Crippen LogP contribution >= 0.6 is 39.1 Å². The standard InChI is InChI=1S/C23H23BrCl2N4O/c1-2-18-21(23(27)31)28-30(29-12-4-3-5-13-29,20-11-10-17(25)14-19(20)26)22(18)15-6-8-16(24)9-7-15/h6-11,14H,2-5,12-13H2,1H3,(H-,27,31)/p+1. The summed E-state index contributed by atoms with van der Waals surface area (Å²) in [5, 5.41) is 8.36. The lowest BCUT2D eigenvalue weighted by atomic mass is 9.99. The van der Waals surface area contributed by atoms with Gasteiger partial charge in [0.2, 0.25) is 5.69 Å². The molecule has 2 aromatic carbocycles. The predicted molar refractivity (Wildman–Crippen MR) is 132 cm³/mol. The van der Waals surface area contributed by atoms with Crippen molar-refractivity contribution in [3.8, 4) is 0 Å². The van der Waals surface area contributed by atoms with Gasteiger partial charge in [-0.25, -0.2) is 0 Å². The van der Waals surface area contributed by atoms with Crippen molar-refractivity contribution >= 4 is 62.1 Å². The lowest BCUT2D eigenvalue weighted by molar-refractivity contribution is -0.112. The highest BCUT2D eigenvalue weighted by Gasteiger charge is 2.53. The number of hydrogen-bond acceptors (Lipinski definition) is 3. The Morgan fingerprint density at radius 1 is 1.13 bits per heavy atom. The van der Waals surface area contributed by atoms with Crippen LogP contribution < -0.4 is 10.4 Å². The molecule has 0 aromatic heterocycles. The second-order valence-corrected chi connectivity index (χ2v) is 9.47. The first-order chi connectivity index (χ1) is 14.9. The average Bonchev–Trinajstić information content (AvgIpc) is 3.11. The SMILES string of the molecule is CCC1=C(c2ccc(Br)cc2)[N+](c2ccc(Cl)cc2Cl)(N2CCCCC2)N=C1C(N)=O. The molecule has 0 spiro atoms. The van der Waals surface area contributed by atoms with Gasteiger partial charge in [0.05, 0.1) is 18.7 Å². The summed E-state index contributed by atoms with van der Waals surface area (Å²) in [6.07, 6.45) is 3.87. The van der Waals surface area contributed by atoms with Crippen LogP contribution in [-0.4, -0.2) is 29.7 Å². The summed E-state index contributed by atoms with van der Waals surface area (Å²) in [6.45, 7) is 3.67. The van der Waals surface area contributed by atoms with Gasteiger partial charge in [-0.05, 0) is 60.8 Å². The first-order valence-electron chi connectivity index (χ1n) is 10.4. The molecule has 0 radical (unpaired) electrons. The summed E-state index contributed by atoms with van der Waals surface area (Å²) in [4.78, 5) is 12.5. The molecule has 0 aliphatic carbocycles. The van der Waals surface area contributed by atoms with Gasteiger partial charge in [0.25, 0.3) is 5.91 Å². The van der Waals surface area contributed by atoms with Gasteiger partial charge in [-0.15, -0.1) is 5.01 Å². The highest BCUT2D eigenvalue weighted by atomic mass is 79.9. The number of carbonyl (C=O) groups is 1. The fourth-order valence-corrected chi connectivity index (χ4v) is 5.27. The second kappa shape index (κ2) is 9.04. The normalized spacial score (nSPS) is 22.0. The molecule has 2 heterocycles. The number of amides is 1. The minimum absolute atomic E-state index is 0.000911. The topological polar surface area (TPSA) is 58.7 Å². The summed E-state index contributed by atoms with van der Waals surface area (Å²) < 4.78 is 0.976. The highest BCUT2D eigenvalue weighted by molar-refractivity contribution is 9.10. The fourth-order valence-electron chi connectivity index (χ4n) is 4.48. The molecule has 2 aliphatic rings. The summed E-state index contributed by atoms with van der Waals surface area (Å²) in [6, 6.07) is 13.5. The van der Waals surface area contributed by atoms with Gasteiger partial charge in [-0.3, -0.25) is 4.79 Å². The van der Waals surface area contributed by atoms with Gasteiger partial charge in [0, 0.05) is 21.1 Å². The number of quaternary nitrogens is 1. The minimum atomic E-state index is -0.534. The van der Waals surface area contributed by atoms with Gasteiger partial charge < -0.3 is 5.73 Å². The van der Waals surface area contributed by atoms with E-state index in [1.165, 1.54) is 0 Å². The highest BCUT2D eigenvalue weighted by Crippen LogP contribution is 2.48. The number of nitrogens with zero attached hydrogens (tertiary/aromatic N) is 3. The summed E-state index contributed by atoms with van der Waals surface area (Å²) >= 11 is 16.5. The molecule has 2 aliphatic heterocycles. The van der Waals surface area contributed by atoms with E-state index in [9.17, 15) is 4.79 Å². The molecule has 8 heteroatoms. The van der Waals surface area contributed by atoms with Gasteiger partial charge in [-0.1, -0.05) is 57.2 Å². The Bertz CT molecular complexity index is 1080. The first kappa shape index (κ1) is 22.5. The molecule has 4 rings (SSSR count). The van der Waals surface area contributed by atoms with Crippen molar-refractivity contribution in [1.29, 1.82) is 0 Å². The van der Waals surface area contributed by atoms with E-state index in [2.05, 4.69) is 20.9 Å². The van der Waals surface area contributed by atoms with E-state index in [0.29, 0.717) is 22.2 Å². The van der Waals surface area contributed by atoms with Crippen molar-refractivity contribution in [2.75, 3.05) is 13.1 Å². The third kappa shape index (κ3) is 3.96. The molecule has 1 unspecified atom stereocenters. The Kier molecular flexibility index (Phi) is 6.56. The molecule has 1 atom stereocenters. The molecule has 5 nitrogen and oxygen atoms in total. The maximum atomic E-state index is 12.5. The van der Waals surface area contributed by atoms with E-state index in [4.69, 9.17) is 34.0 Å². The van der Waals surface area contributed by atoms with Crippen molar-refractivity contribution in [1.82, 2.24) is 9.71 Å². The van der Waals surface area contributed by atoms with Gasteiger partial charge in [0.1, 0.15) is 5.02 Å². The average molecular weight is 523 g/mol. The van der Waals surface area contributed by atoms with E-state index < -0.39 is 5.91 Å². The number of carbonyl (C=O) groups excluding carboxylic acids is 1. The number of benzene rings is 2.